The van der Waals surface area contributed by atoms with Crippen LogP contribution in [0.1, 0.15) is 23.6 Å². The normalized spacial score (nSPS) is 26.6. The van der Waals surface area contributed by atoms with Crippen molar-refractivity contribution in [2.24, 2.45) is 5.92 Å². The quantitative estimate of drug-likeness (QED) is 0.897. The Bertz CT molecular complexity index is 720. The summed E-state index contributed by atoms with van der Waals surface area (Å²) in [5.74, 6) is 0.550. The van der Waals surface area contributed by atoms with Gasteiger partial charge in [-0.25, -0.2) is 0 Å². The second kappa shape index (κ2) is 7.81. The summed E-state index contributed by atoms with van der Waals surface area (Å²) in [5, 5.41) is 3.83. The van der Waals surface area contributed by atoms with Gasteiger partial charge in [0, 0.05) is 25.7 Å². The van der Waals surface area contributed by atoms with E-state index in [0.717, 1.165) is 26.1 Å². The molecular weight excluding hydrogens is 304 g/mol. The third-order valence-corrected chi connectivity index (χ3v) is 5.36. The van der Waals surface area contributed by atoms with Gasteiger partial charge in [0.05, 0.1) is 6.04 Å². The number of hydrogen-bond donors (Lipinski definition) is 1. The lowest BCUT2D eigenvalue weighted by molar-refractivity contribution is 0.0927. The van der Waals surface area contributed by atoms with E-state index < -0.39 is 0 Å². The fourth-order valence-electron chi connectivity index (χ4n) is 4.17. The average Bonchev–Trinajstić information content (AvgIpc) is 2.70. The Labute approximate surface area is 150 Å². The monoisotopic (exact) mass is 330 g/mol. The van der Waals surface area contributed by atoms with Crippen LogP contribution < -0.4 is 5.32 Å². The first-order chi connectivity index (χ1) is 12.4. The molecule has 1 fully saturated rings. The highest BCUT2D eigenvalue weighted by atomic mass is 15.2. The molecule has 2 aromatic rings. The summed E-state index contributed by atoms with van der Waals surface area (Å²) in [6.07, 6.45) is 10.2. The van der Waals surface area contributed by atoms with Gasteiger partial charge in [-0.2, -0.15) is 0 Å². The van der Waals surface area contributed by atoms with Gasteiger partial charge in [0.1, 0.15) is 0 Å². The van der Waals surface area contributed by atoms with E-state index in [-0.39, 0.29) is 0 Å². The van der Waals surface area contributed by atoms with E-state index in [0.29, 0.717) is 18.0 Å². The molecule has 3 unspecified atom stereocenters. The summed E-state index contributed by atoms with van der Waals surface area (Å²) in [6, 6.07) is 22.7. The highest BCUT2D eigenvalue weighted by molar-refractivity contribution is 5.25. The van der Waals surface area contributed by atoms with Gasteiger partial charge in [-0.1, -0.05) is 85.0 Å². The van der Waals surface area contributed by atoms with Gasteiger partial charge in [-0.05, 0) is 23.5 Å². The van der Waals surface area contributed by atoms with E-state index in [1.165, 1.54) is 11.1 Å². The molecule has 0 radical (unpaired) electrons. The molecule has 1 N–H and O–H groups in total. The Morgan fingerprint density at radius 3 is 2.40 bits per heavy atom. The van der Waals surface area contributed by atoms with E-state index in [1.54, 1.807) is 0 Å². The van der Waals surface area contributed by atoms with Gasteiger partial charge in [0.25, 0.3) is 0 Å². The van der Waals surface area contributed by atoms with Crippen LogP contribution in [-0.2, 0) is 6.54 Å². The fourth-order valence-corrected chi connectivity index (χ4v) is 4.17. The lowest BCUT2D eigenvalue weighted by Gasteiger charge is -2.45. The third kappa shape index (κ3) is 3.76. The first-order valence-corrected chi connectivity index (χ1v) is 9.31. The Kier molecular flexibility index (Phi) is 5.10. The van der Waals surface area contributed by atoms with Gasteiger partial charge < -0.3 is 5.32 Å². The minimum Gasteiger partial charge on any atom is -0.310 e. The molecule has 0 bridgehead atoms. The topological polar surface area (TPSA) is 15.3 Å². The van der Waals surface area contributed by atoms with Crippen LogP contribution in [-0.4, -0.2) is 24.0 Å². The predicted octanol–water partition coefficient (Wildman–Crippen LogP) is 4.33. The van der Waals surface area contributed by atoms with Gasteiger partial charge >= 0.3 is 0 Å². The Morgan fingerprint density at radius 1 is 0.920 bits per heavy atom. The van der Waals surface area contributed by atoms with E-state index in [4.69, 9.17) is 0 Å². The average molecular weight is 330 g/mol. The third-order valence-electron chi connectivity index (χ3n) is 5.36. The van der Waals surface area contributed by atoms with Crippen molar-refractivity contribution in [1.82, 2.24) is 10.2 Å². The Balaban J connectivity index is 1.64. The lowest BCUT2D eigenvalue weighted by Crippen LogP contribution is -2.55. The zero-order chi connectivity index (χ0) is 16.9. The van der Waals surface area contributed by atoms with Gasteiger partial charge in [0.2, 0.25) is 0 Å². The molecule has 4 rings (SSSR count). The number of rotatable bonds is 4. The minimum absolute atomic E-state index is 0.399. The maximum absolute atomic E-state index is 3.83. The van der Waals surface area contributed by atoms with Crippen LogP contribution >= 0.6 is 0 Å². The molecule has 1 aliphatic heterocycles. The summed E-state index contributed by atoms with van der Waals surface area (Å²) in [7, 11) is 0. The highest BCUT2D eigenvalue weighted by Gasteiger charge is 2.36. The number of piperazine rings is 1. The van der Waals surface area contributed by atoms with Crippen molar-refractivity contribution in [1.29, 1.82) is 0 Å². The summed E-state index contributed by atoms with van der Waals surface area (Å²) >= 11 is 0. The lowest BCUT2D eigenvalue weighted by atomic mass is 9.83. The van der Waals surface area contributed by atoms with Crippen LogP contribution in [0.2, 0.25) is 0 Å². The van der Waals surface area contributed by atoms with Crippen molar-refractivity contribution < 1.29 is 0 Å². The van der Waals surface area contributed by atoms with Gasteiger partial charge in [-0.3, -0.25) is 4.90 Å². The molecule has 3 atom stereocenters. The summed E-state index contributed by atoms with van der Waals surface area (Å²) < 4.78 is 0. The van der Waals surface area contributed by atoms with Crippen molar-refractivity contribution in [2.75, 3.05) is 13.1 Å². The SMILES string of the molecule is C1=CCC(C2NCCN(Cc3ccccc3)C2c2ccccc2)C=C1. The molecule has 0 saturated carbocycles. The zero-order valence-corrected chi connectivity index (χ0v) is 14.6. The largest absolute Gasteiger partial charge is 0.310 e. The predicted molar refractivity (Wildman–Crippen MR) is 104 cm³/mol. The molecule has 2 heteroatoms. The maximum atomic E-state index is 3.83. The second-order valence-corrected chi connectivity index (χ2v) is 7.00. The minimum atomic E-state index is 0.399. The number of allylic oxidation sites excluding steroid dienone is 3. The van der Waals surface area contributed by atoms with Crippen LogP contribution in [0.5, 0.6) is 0 Å². The molecule has 2 aliphatic rings. The number of hydrogen-bond acceptors (Lipinski definition) is 2. The number of benzene rings is 2. The van der Waals surface area contributed by atoms with Crippen LogP contribution in [0.3, 0.4) is 0 Å². The summed E-state index contributed by atoms with van der Waals surface area (Å²) in [5.41, 5.74) is 2.81. The standard InChI is InChI=1S/C23H26N2/c1-4-10-19(11-5-1)18-25-17-16-24-22(20-12-6-2-7-13-20)23(25)21-14-8-3-9-15-21/h1-12,14-15,20,22-24H,13,16-18H2. The maximum Gasteiger partial charge on any atom is 0.0511 e. The molecule has 128 valence electrons. The molecule has 1 saturated heterocycles. The van der Waals surface area contributed by atoms with E-state index in [9.17, 15) is 0 Å². The molecule has 0 spiro atoms. The Morgan fingerprint density at radius 2 is 1.68 bits per heavy atom. The van der Waals surface area contributed by atoms with Crippen molar-refractivity contribution in [3.8, 4) is 0 Å². The van der Waals surface area contributed by atoms with Crippen LogP contribution in [0.4, 0.5) is 0 Å². The molecule has 2 aromatic carbocycles. The highest BCUT2D eigenvalue weighted by Crippen LogP contribution is 2.34. The summed E-state index contributed by atoms with van der Waals surface area (Å²) in [4.78, 5) is 2.65. The number of nitrogens with zero attached hydrogens (tertiary/aromatic N) is 1. The molecule has 1 heterocycles. The van der Waals surface area contributed by atoms with Crippen LogP contribution in [0, 0.1) is 5.92 Å². The molecule has 2 nitrogen and oxygen atoms in total. The first kappa shape index (κ1) is 16.3. The molecule has 0 amide bonds. The van der Waals surface area contributed by atoms with Gasteiger partial charge in [-0.15, -0.1) is 0 Å². The van der Waals surface area contributed by atoms with E-state index in [1.807, 2.05) is 0 Å². The molecule has 0 aromatic heterocycles. The molecular formula is C23H26N2. The van der Waals surface area contributed by atoms with Crippen molar-refractivity contribution in [2.45, 2.75) is 25.0 Å². The van der Waals surface area contributed by atoms with Gasteiger partial charge in [0.15, 0.2) is 0 Å². The first-order valence-electron chi connectivity index (χ1n) is 9.31. The molecule has 1 aliphatic carbocycles. The van der Waals surface area contributed by atoms with Crippen molar-refractivity contribution in [3.05, 3.63) is 96.1 Å². The zero-order valence-electron chi connectivity index (χ0n) is 14.6. The fraction of sp³-hybridized carbons (Fsp3) is 0.304. The smallest absolute Gasteiger partial charge is 0.0511 e. The van der Waals surface area contributed by atoms with Crippen LogP contribution in [0.25, 0.3) is 0 Å². The van der Waals surface area contributed by atoms with E-state index in [2.05, 4.69) is 95.2 Å². The van der Waals surface area contributed by atoms with E-state index >= 15 is 0 Å². The number of nitrogens with one attached hydrogen (secondary N) is 1. The molecule has 25 heavy (non-hydrogen) atoms. The van der Waals surface area contributed by atoms with Crippen molar-refractivity contribution in [3.63, 3.8) is 0 Å². The summed E-state index contributed by atoms with van der Waals surface area (Å²) in [6.45, 7) is 3.14. The Hall–Kier alpha value is -2.16. The van der Waals surface area contributed by atoms with Crippen LogP contribution in [0.15, 0.2) is 85.0 Å². The second-order valence-electron chi connectivity index (χ2n) is 7.00. The van der Waals surface area contributed by atoms with Crippen molar-refractivity contribution >= 4 is 0 Å².